The molecule has 3 unspecified atom stereocenters. The van der Waals surface area contributed by atoms with E-state index in [9.17, 15) is 0 Å². The van der Waals surface area contributed by atoms with Crippen molar-refractivity contribution in [2.24, 2.45) is 11.3 Å². The molecule has 2 aliphatic rings. The Morgan fingerprint density at radius 3 is 3.08 bits per heavy atom. The average Bonchev–Trinajstić information content (AvgIpc) is 2.53. The van der Waals surface area contributed by atoms with Gasteiger partial charge in [-0.15, -0.1) is 18.2 Å². The van der Waals surface area contributed by atoms with Gasteiger partial charge in [0.05, 0.1) is 12.7 Å². The third-order valence-corrected chi connectivity index (χ3v) is 3.51. The Bertz CT molecular complexity index is 192. The van der Waals surface area contributed by atoms with Gasteiger partial charge in [0.1, 0.15) is 0 Å². The molecule has 0 heterocycles. The van der Waals surface area contributed by atoms with Crippen LogP contribution in [0, 0.1) is 11.3 Å². The molecule has 0 aliphatic heterocycles. The van der Waals surface area contributed by atoms with Crippen molar-refractivity contribution in [2.75, 3.05) is 12.5 Å². The summed E-state index contributed by atoms with van der Waals surface area (Å²) >= 11 is 5.57. The summed E-state index contributed by atoms with van der Waals surface area (Å²) in [6.45, 7) is 4.59. The predicted molar refractivity (Wildman–Crippen MR) is 50.4 cm³/mol. The third-order valence-electron chi connectivity index (χ3n) is 3.36. The van der Waals surface area contributed by atoms with Gasteiger partial charge in [0.2, 0.25) is 0 Å². The van der Waals surface area contributed by atoms with Gasteiger partial charge in [0.15, 0.2) is 0 Å². The number of rotatable bonds is 4. The second-order valence-electron chi connectivity index (χ2n) is 3.80. The second kappa shape index (κ2) is 3.04. The van der Waals surface area contributed by atoms with Crippen LogP contribution in [-0.2, 0) is 4.74 Å². The van der Waals surface area contributed by atoms with E-state index < -0.39 is 0 Å². The lowest BCUT2D eigenvalue weighted by Gasteiger charge is -2.09. The SMILES string of the molecule is C=CC12CCCC1C2OCCCl. The van der Waals surface area contributed by atoms with Crippen LogP contribution in [0.1, 0.15) is 19.3 Å². The van der Waals surface area contributed by atoms with Crippen molar-refractivity contribution < 1.29 is 4.74 Å². The molecule has 2 aliphatic carbocycles. The fourth-order valence-electron chi connectivity index (χ4n) is 2.69. The number of hydrogen-bond acceptors (Lipinski definition) is 1. The van der Waals surface area contributed by atoms with E-state index >= 15 is 0 Å². The number of hydrogen-bond donors (Lipinski definition) is 0. The van der Waals surface area contributed by atoms with E-state index in [1.807, 2.05) is 0 Å². The summed E-state index contributed by atoms with van der Waals surface area (Å²) in [7, 11) is 0. The van der Waals surface area contributed by atoms with E-state index in [-0.39, 0.29) is 0 Å². The molecule has 2 fully saturated rings. The summed E-state index contributed by atoms with van der Waals surface area (Å²) in [5.41, 5.74) is 0.353. The summed E-state index contributed by atoms with van der Waals surface area (Å²) in [6.07, 6.45) is 6.48. The van der Waals surface area contributed by atoms with Crippen molar-refractivity contribution in [3.05, 3.63) is 12.7 Å². The standard InChI is InChI=1S/C10H15ClO/c1-2-10-5-3-4-8(10)9(10)12-7-6-11/h2,8-9H,1,3-7H2. The zero-order valence-corrected chi connectivity index (χ0v) is 8.02. The maximum atomic E-state index is 5.66. The van der Waals surface area contributed by atoms with Crippen molar-refractivity contribution in [1.82, 2.24) is 0 Å². The van der Waals surface area contributed by atoms with Gasteiger partial charge in [-0.05, 0) is 18.8 Å². The van der Waals surface area contributed by atoms with E-state index in [1.54, 1.807) is 0 Å². The summed E-state index contributed by atoms with van der Waals surface area (Å²) in [5, 5.41) is 0. The van der Waals surface area contributed by atoms with Crippen molar-refractivity contribution in [3.8, 4) is 0 Å². The van der Waals surface area contributed by atoms with Gasteiger partial charge in [-0.3, -0.25) is 0 Å². The lowest BCUT2D eigenvalue weighted by Crippen LogP contribution is -2.08. The van der Waals surface area contributed by atoms with Gasteiger partial charge < -0.3 is 4.74 Å². The molecule has 0 aromatic carbocycles. The Balaban J connectivity index is 1.91. The van der Waals surface area contributed by atoms with Crippen LogP contribution in [0.25, 0.3) is 0 Å². The largest absolute Gasteiger partial charge is 0.376 e. The fourth-order valence-corrected chi connectivity index (χ4v) is 2.78. The van der Waals surface area contributed by atoms with Gasteiger partial charge >= 0.3 is 0 Å². The van der Waals surface area contributed by atoms with Gasteiger partial charge in [0.25, 0.3) is 0 Å². The minimum Gasteiger partial charge on any atom is -0.376 e. The molecule has 2 rings (SSSR count). The maximum absolute atomic E-state index is 5.66. The first-order chi connectivity index (χ1) is 5.85. The van der Waals surface area contributed by atoms with Crippen LogP contribution in [0.15, 0.2) is 12.7 Å². The smallest absolute Gasteiger partial charge is 0.0707 e. The van der Waals surface area contributed by atoms with Crippen LogP contribution in [0.2, 0.25) is 0 Å². The molecule has 0 amide bonds. The minimum atomic E-state index is 0.353. The zero-order valence-electron chi connectivity index (χ0n) is 7.26. The molecule has 68 valence electrons. The van der Waals surface area contributed by atoms with Gasteiger partial charge in [-0.2, -0.15) is 0 Å². The Labute approximate surface area is 78.7 Å². The van der Waals surface area contributed by atoms with Gasteiger partial charge in [-0.25, -0.2) is 0 Å². The van der Waals surface area contributed by atoms with E-state index in [0.717, 1.165) is 5.92 Å². The monoisotopic (exact) mass is 186 g/mol. The molecule has 0 N–H and O–H groups in total. The second-order valence-corrected chi connectivity index (χ2v) is 4.17. The summed E-state index contributed by atoms with van der Waals surface area (Å²) in [5.74, 6) is 1.37. The Morgan fingerprint density at radius 2 is 2.50 bits per heavy atom. The molecule has 0 saturated heterocycles. The van der Waals surface area contributed by atoms with E-state index in [2.05, 4.69) is 12.7 Å². The van der Waals surface area contributed by atoms with Crippen LogP contribution < -0.4 is 0 Å². The first kappa shape index (κ1) is 8.58. The quantitative estimate of drug-likeness (QED) is 0.485. The Morgan fingerprint density at radius 1 is 1.67 bits per heavy atom. The molecule has 3 atom stereocenters. The lowest BCUT2D eigenvalue weighted by molar-refractivity contribution is 0.0981. The Hall–Kier alpha value is -0.0100. The molecule has 0 radical (unpaired) electrons. The molecule has 12 heavy (non-hydrogen) atoms. The molecule has 1 nitrogen and oxygen atoms in total. The molecule has 0 aromatic rings. The molecular formula is C10H15ClO. The molecule has 0 bridgehead atoms. The number of fused-ring (bicyclic) bond motifs is 1. The van der Waals surface area contributed by atoms with Gasteiger partial charge in [0, 0.05) is 11.3 Å². The van der Waals surface area contributed by atoms with Crippen molar-refractivity contribution >= 4 is 11.6 Å². The van der Waals surface area contributed by atoms with Crippen LogP contribution in [-0.4, -0.2) is 18.6 Å². The molecule has 0 aromatic heterocycles. The molecule has 2 heteroatoms. The fraction of sp³-hybridized carbons (Fsp3) is 0.800. The van der Waals surface area contributed by atoms with E-state index in [4.69, 9.17) is 16.3 Å². The normalized spacial score (nSPS) is 44.1. The van der Waals surface area contributed by atoms with E-state index in [0.29, 0.717) is 24.0 Å². The highest BCUT2D eigenvalue weighted by Gasteiger charge is 2.65. The molecular weight excluding hydrogens is 172 g/mol. The zero-order chi connectivity index (χ0) is 8.60. The first-order valence-corrected chi connectivity index (χ1v) is 5.20. The summed E-state index contributed by atoms with van der Waals surface area (Å²) in [6, 6.07) is 0. The predicted octanol–water partition coefficient (Wildman–Crippen LogP) is 2.60. The van der Waals surface area contributed by atoms with Crippen molar-refractivity contribution in [3.63, 3.8) is 0 Å². The third kappa shape index (κ3) is 1.03. The Kier molecular flexibility index (Phi) is 2.18. The lowest BCUT2D eigenvalue weighted by atomic mass is 10.0. The molecule has 0 spiro atoms. The highest BCUT2D eigenvalue weighted by atomic mass is 35.5. The average molecular weight is 187 g/mol. The highest BCUT2D eigenvalue weighted by Crippen LogP contribution is 2.65. The highest BCUT2D eigenvalue weighted by molar-refractivity contribution is 6.17. The summed E-state index contributed by atoms with van der Waals surface area (Å²) < 4.78 is 5.66. The maximum Gasteiger partial charge on any atom is 0.0707 e. The van der Waals surface area contributed by atoms with Crippen LogP contribution >= 0.6 is 11.6 Å². The van der Waals surface area contributed by atoms with Crippen LogP contribution in [0.5, 0.6) is 0 Å². The number of halogens is 1. The van der Waals surface area contributed by atoms with Gasteiger partial charge in [-0.1, -0.05) is 12.5 Å². The van der Waals surface area contributed by atoms with E-state index in [1.165, 1.54) is 19.3 Å². The van der Waals surface area contributed by atoms with Crippen LogP contribution in [0.3, 0.4) is 0 Å². The topological polar surface area (TPSA) is 9.23 Å². The van der Waals surface area contributed by atoms with Crippen LogP contribution in [0.4, 0.5) is 0 Å². The minimum absolute atomic E-state index is 0.353. The van der Waals surface area contributed by atoms with Crippen molar-refractivity contribution in [1.29, 1.82) is 0 Å². The number of alkyl halides is 1. The van der Waals surface area contributed by atoms with Crippen molar-refractivity contribution in [2.45, 2.75) is 25.4 Å². The number of ether oxygens (including phenoxy) is 1. The molecule has 2 saturated carbocycles. The first-order valence-electron chi connectivity index (χ1n) is 4.66. The summed E-state index contributed by atoms with van der Waals surface area (Å²) in [4.78, 5) is 0.